The minimum absolute atomic E-state index is 0.0670. The van der Waals surface area contributed by atoms with Crippen LogP contribution in [0.15, 0.2) is 53.2 Å². The van der Waals surface area contributed by atoms with E-state index in [0.717, 1.165) is 0 Å². The van der Waals surface area contributed by atoms with Gasteiger partial charge in [0.1, 0.15) is 17.3 Å². The normalized spacial score (nSPS) is 10.4. The van der Waals surface area contributed by atoms with Gasteiger partial charge >= 0.3 is 0 Å². The molecule has 8 heteroatoms. The number of amides is 2. The number of rotatable bonds is 6. The van der Waals surface area contributed by atoms with E-state index in [4.69, 9.17) is 4.52 Å². The lowest BCUT2D eigenvalue weighted by atomic mass is 10.1. The van der Waals surface area contributed by atoms with E-state index in [1.165, 1.54) is 24.4 Å². The lowest BCUT2D eigenvalue weighted by Crippen LogP contribution is -2.26. The number of aryl methyl sites for hydroxylation is 1. The second kappa shape index (κ2) is 8.22. The van der Waals surface area contributed by atoms with Crippen LogP contribution in [-0.2, 0) is 6.42 Å². The summed E-state index contributed by atoms with van der Waals surface area (Å²) < 4.78 is 18.5. The summed E-state index contributed by atoms with van der Waals surface area (Å²) in [6, 6.07) is 10.8. The monoisotopic (exact) mass is 368 g/mol. The summed E-state index contributed by atoms with van der Waals surface area (Å²) in [7, 11) is 0. The molecule has 0 unspecified atom stereocenters. The van der Waals surface area contributed by atoms with Crippen molar-refractivity contribution in [2.24, 2.45) is 0 Å². The van der Waals surface area contributed by atoms with Gasteiger partial charge < -0.3 is 15.2 Å². The number of hydrogen-bond acceptors (Lipinski definition) is 5. The van der Waals surface area contributed by atoms with Crippen molar-refractivity contribution in [1.82, 2.24) is 15.5 Å². The molecule has 0 saturated carbocycles. The number of halogens is 1. The van der Waals surface area contributed by atoms with Crippen LogP contribution >= 0.6 is 0 Å². The third-order valence-electron chi connectivity index (χ3n) is 3.76. The summed E-state index contributed by atoms with van der Waals surface area (Å²) in [5.74, 6) is -0.373. The molecule has 3 aromatic rings. The van der Waals surface area contributed by atoms with Crippen LogP contribution in [0.2, 0.25) is 0 Å². The molecule has 0 aliphatic carbocycles. The van der Waals surface area contributed by atoms with Crippen LogP contribution in [0.4, 0.5) is 10.2 Å². The van der Waals surface area contributed by atoms with Gasteiger partial charge in [0.15, 0.2) is 5.82 Å². The molecule has 0 bridgehead atoms. The number of pyridine rings is 1. The first kappa shape index (κ1) is 18.2. The minimum atomic E-state index is -0.510. The van der Waals surface area contributed by atoms with Gasteiger partial charge in [-0.05, 0) is 37.1 Å². The number of hydrogen-bond donors (Lipinski definition) is 2. The number of anilines is 1. The fourth-order valence-electron chi connectivity index (χ4n) is 2.42. The number of nitrogens with one attached hydrogen (secondary N) is 2. The van der Waals surface area contributed by atoms with Crippen LogP contribution in [0.1, 0.15) is 32.2 Å². The maximum atomic E-state index is 13.6. The Morgan fingerprint density at radius 1 is 1.15 bits per heavy atom. The van der Waals surface area contributed by atoms with Crippen LogP contribution in [-0.4, -0.2) is 28.5 Å². The second-order valence-electron chi connectivity index (χ2n) is 5.80. The lowest BCUT2D eigenvalue weighted by Gasteiger charge is -2.07. The maximum Gasteiger partial charge on any atom is 0.275 e. The smallest absolute Gasteiger partial charge is 0.275 e. The average Bonchev–Trinajstić information content (AvgIpc) is 3.08. The molecular formula is C19H17FN4O3. The van der Waals surface area contributed by atoms with E-state index >= 15 is 0 Å². The molecule has 0 spiro atoms. The molecule has 1 aromatic carbocycles. The zero-order valence-corrected chi connectivity index (χ0v) is 14.5. The highest BCUT2D eigenvalue weighted by atomic mass is 19.1. The Bertz CT molecular complexity index is 971. The lowest BCUT2D eigenvalue weighted by molar-refractivity contribution is 0.0954. The highest BCUT2D eigenvalue weighted by molar-refractivity contribution is 6.04. The molecule has 2 heterocycles. The first-order chi connectivity index (χ1) is 13.0. The quantitative estimate of drug-likeness (QED) is 0.697. The highest BCUT2D eigenvalue weighted by Gasteiger charge is 2.13. The van der Waals surface area contributed by atoms with Crippen LogP contribution in [0.3, 0.4) is 0 Å². The Labute approximate surface area is 154 Å². The summed E-state index contributed by atoms with van der Waals surface area (Å²) in [5.41, 5.74) is 0.868. The molecule has 0 radical (unpaired) electrons. The Hall–Kier alpha value is -3.55. The molecule has 3 rings (SSSR count). The number of carbonyl (C=O) groups excluding carboxylic acids is 2. The standard InChI is InChI=1S/C19H17FN4O3/c1-12-10-17(24-27-12)23-19(26)16-11-14(7-8-21-16)18(25)22-9-6-13-4-2-3-5-15(13)20/h2-5,7-8,10-11H,6,9H2,1H3,(H,22,25)(H,23,24,26). The minimum Gasteiger partial charge on any atom is -0.360 e. The van der Waals surface area contributed by atoms with Crippen molar-refractivity contribution in [2.75, 3.05) is 11.9 Å². The molecular weight excluding hydrogens is 351 g/mol. The number of aromatic nitrogens is 2. The SMILES string of the molecule is Cc1cc(NC(=O)c2cc(C(=O)NCCc3ccccc3F)ccn2)no1. The van der Waals surface area contributed by atoms with Gasteiger partial charge in [0.2, 0.25) is 0 Å². The molecule has 0 saturated heterocycles. The predicted octanol–water partition coefficient (Wildman–Crippen LogP) is 2.74. The van der Waals surface area contributed by atoms with E-state index in [9.17, 15) is 14.0 Å². The molecule has 7 nitrogen and oxygen atoms in total. The molecule has 0 fully saturated rings. The Morgan fingerprint density at radius 2 is 1.96 bits per heavy atom. The third-order valence-corrected chi connectivity index (χ3v) is 3.76. The van der Waals surface area contributed by atoms with Crippen molar-refractivity contribution in [1.29, 1.82) is 0 Å². The molecule has 0 aliphatic heterocycles. The van der Waals surface area contributed by atoms with Crippen molar-refractivity contribution in [3.63, 3.8) is 0 Å². The number of benzene rings is 1. The van der Waals surface area contributed by atoms with Crippen LogP contribution in [0, 0.1) is 12.7 Å². The van der Waals surface area contributed by atoms with Gasteiger partial charge in [0, 0.05) is 24.4 Å². The summed E-state index contributed by atoms with van der Waals surface area (Å²) in [6.07, 6.45) is 1.73. The van der Waals surface area contributed by atoms with Crippen molar-refractivity contribution >= 4 is 17.6 Å². The average molecular weight is 368 g/mol. The summed E-state index contributed by atoms with van der Waals surface area (Å²) in [4.78, 5) is 28.4. The van der Waals surface area contributed by atoms with E-state index in [1.54, 1.807) is 31.2 Å². The van der Waals surface area contributed by atoms with Gasteiger partial charge in [-0.15, -0.1) is 0 Å². The van der Waals surface area contributed by atoms with Crippen molar-refractivity contribution in [3.05, 3.63) is 77.1 Å². The van der Waals surface area contributed by atoms with E-state index in [0.29, 0.717) is 17.7 Å². The largest absolute Gasteiger partial charge is 0.360 e. The van der Waals surface area contributed by atoms with Crippen LogP contribution in [0.5, 0.6) is 0 Å². The molecule has 138 valence electrons. The van der Waals surface area contributed by atoms with Gasteiger partial charge in [-0.1, -0.05) is 23.4 Å². The summed E-state index contributed by atoms with van der Waals surface area (Å²) in [6.45, 7) is 1.97. The van der Waals surface area contributed by atoms with Gasteiger partial charge in [0.05, 0.1) is 0 Å². The van der Waals surface area contributed by atoms with Crippen LogP contribution in [0.25, 0.3) is 0 Å². The number of carbonyl (C=O) groups is 2. The first-order valence-corrected chi connectivity index (χ1v) is 8.25. The fourth-order valence-corrected chi connectivity index (χ4v) is 2.42. The Kier molecular flexibility index (Phi) is 5.55. The van der Waals surface area contributed by atoms with E-state index in [-0.39, 0.29) is 35.3 Å². The molecule has 2 N–H and O–H groups in total. The van der Waals surface area contributed by atoms with E-state index in [1.807, 2.05) is 0 Å². The maximum absolute atomic E-state index is 13.6. The second-order valence-corrected chi connectivity index (χ2v) is 5.80. The van der Waals surface area contributed by atoms with Gasteiger partial charge in [-0.2, -0.15) is 0 Å². The Morgan fingerprint density at radius 3 is 2.70 bits per heavy atom. The summed E-state index contributed by atoms with van der Waals surface area (Å²) in [5, 5.41) is 8.91. The molecule has 2 amide bonds. The van der Waals surface area contributed by atoms with Gasteiger partial charge in [-0.3, -0.25) is 14.6 Å². The zero-order valence-electron chi connectivity index (χ0n) is 14.5. The van der Waals surface area contributed by atoms with Crippen molar-refractivity contribution in [2.45, 2.75) is 13.3 Å². The molecule has 2 aromatic heterocycles. The van der Waals surface area contributed by atoms with E-state index in [2.05, 4.69) is 20.8 Å². The zero-order chi connectivity index (χ0) is 19.2. The van der Waals surface area contributed by atoms with Crippen LogP contribution < -0.4 is 10.6 Å². The highest BCUT2D eigenvalue weighted by Crippen LogP contribution is 2.10. The topological polar surface area (TPSA) is 97.1 Å². The fraction of sp³-hybridized carbons (Fsp3) is 0.158. The van der Waals surface area contributed by atoms with E-state index < -0.39 is 5.91 Å². The molecule has 0 atom stereocenters. The molecule has 27 heavy (non-hydrogen) atoms. The van der Waals surface area contributed by atoms with Gasteiger partial charge in [-0.25, -0.2) is 4.39 Å². The first-order valence-electron chi connectivity index (χ1n) is 8.25. The molecule has 0 aliphatic rings. The number of nitrogens with zero attached hydrogens (tertiary/aromatic N) is 2. The van der Waals surface area contributed by atoms with Crippen molar-refractivity contribution < 1.29 is 18.5 Å². The van der Waals surface area contributed by atoms with Gasteiger partial charge in [0.25, 0.3) is 11.8 Å². The third kappa shape index (κ3) is 4.75. The van der Waals surface area contributed by atoms with Crippen molar-refractivity contribution in [3.8, 4) is 0 Å². The summed E-state index contributed by atoms with van der Waals surface area (Å²) >= 11 is 0. The predicted molar refractivity (Wildman–Crippen MR) is 95.9 cm³/mol. The Balaban J connectivity index is 1.59.